The van der Waals surface area contributed by atoms with Crippen LogP contribution in [0.15, 0.2) is 60.8 Å². The zero-order chi connectivity index (χ0) is 40.7. The lowest BCUT2D eigenvalue weighted by atomic mass is 9.85. The number of phosphoric ester groups is 1. The van der Waals surface area contributed by atoms with Crippen LogP contribution in [0.3, 0.4) is 0 Å². The lowest BCUT2D eigenvalue weighted by Crippen LogP contribution is -2.64. The van der Waals surface area contributed by atoms with Gasteiger partial charge >= 0.3 is 19.8 Å². The van der Waals surface area contributed by atoms with Gasteiger partial charge in [-0.3, -0.25) is 18.6 Å². The van der Waals surface area contributed by atoms with Gasteiger partial charge in [0.15, 0.2) is 6.10 Å². The summed E-state index contributed by atoms with van der Waals surface area (Å²) in [6, 6.07) is 0. The monoisotopic (exact) mass is 800 g/mol. The lowest BCUT2D eigenvalue weighted by Gasteiger charge is -2.41. The third-order valence-corrected chi connectivity index (χ3v) is 9.86. The van der Waals surface area contributed by atoms with E-state index in [-0.39, 0.29) is 12.8 Å². The van der Waals surface area contributed by atoms with Gasteiger partial charge in [0.25, 0.3) is 0 Å². The van der Waals surface area contributed by atoms with Gasteiger partial charge in [0.2, 0.25) is 0 Å². The van der Waals surface area contributed by atoms with E-state index in [1.54, 1.807) is 0 Å². The third kappa shape index (κ3) is 24.7. The molecular formula is C41H69O13P. The van der Waals surface area contributed by atoms with Crippen molar-refractivity contribution < 1.29 is 63.1 Å². The number of hydrogen-bond acceptors (Lipinski definition) is 12. The molecule has 14 heteroatoms. The van der Waals surface area contributed by atoms with Crippen LogP contribution in [0.25, 0.3) is 0 Å². The molecule has 1 saturated carbocycles. The van der Waals surface area contributed by atoms with Gasteiger partial charge in [-0.15, -0.1) is 0 Å². The molecule has 0 radical (unpaired) electrons. The average molecular weight is 801 g/mol. The molecule has 0 saturated heterocycles. The number of aliphatic hydroxyl groups is 5. The Morgan fingerprint density at radius 3 is 1.58 bits per heavy atom. The second-order valence-electron chi connectivity index (χ2n) is 13.8. The highest BCUT2D eigenvalue weighted by molar-refractivity contribution is 7.47. The molecular weight excluding hydrogens is 731 g/mol. The Morgan fingerprint density at radius 2 is 1.04 bits per heavy atom. The van der Waals surface area contributed by atoms with Crippen molar-refractivity contribution in [3.63, 3.8) is 0 Å². The summed E-state index contributed by atoms with van der Waals surface area (Å²) in [5.41, 5.74) is 0. The maximum absolute atomic E-state index is 12.7. The van der Waals surface area contributed by atoms with Gasteiger partial charge in [-0.05, 0) is 57.8 Å². The fourth-order valence-corrected chi connectivity index (χ4v) is 6.58. The average Bonchev–Trinajstić information content (AvgIpc) is 3.16. The van der Waals surface area contributed by atoms with Crippen molar-refractivity contribution in [1.82, 2.24) is 0 Å². The predicted molar refractivity (Wildman–Crippen MR) is 212 cm³/mol. The number of hydrogen-bond donors (Lipinski definition) is 6. The van der Waals surface area contributed by atoms with Crippen molar-refractivity contribution >= 4 is 19.8 Å². The molecule has 1 fully saturated rings. The standard InChI is InChI=1S/C41H69O13P/c1-3-5-7-9-11-12-13-14-15-16-17-18-19-20-21-22-24-26-28-30-35(43)53-33(31-51-34(42)29-27-25-23-10-8-6-4-2)32-52-55(49,50)54-41-39(47)37(45)36(44)38(46)40(41)48/h5,7,11-12,14-15,17-18,20-21,33,36-41,44-48H,3-4,6,8-10,13,16,19,22-32H2,1-2H3,(H,49,50)/b7-5+,12-11+,15-14+,18-17+,21-20+/t33-,36?,37-,38?,39?,40?,41?/m1/s1. The van der Waals surface area contributed by atoms with Gasteiger partial charge in [0.1, 0.15) is 43.2 Å². The highest BCUT2D eigenvalue weighted by atomic mass is 31.2. The molecule has 0 aromatic carbocycles. The van der Waals surface area contributed by atoms with E-state index in [0.29, 0.717) is 12.8 Å². The Labute approximate surface area is 328 Å². The molecule has 13 nitrogen and oxygen atoms in total. The minimum Gasteiger partial charge on any atom is -0.462 e. The van der Waals surface area contributed by atoms with E-state index >= 15 is 0 Å². The molecule has 1 aliphatic rings. The Balaban J connectivity index is 2.51. The number of carbonyl (C=O) groups excluding carboxylic acids is 2. The number of esters is 2. The van der Waals surface area contributed by atoms with Gasteiger partial charge in [-0.2, -0.15) is 0 Å². The topological polar surface area (TPSA) is 210 Å². The van der Waals surface area contributed by atoms with E-state index < -0.39 is 75.7 Å². The second kappa shape index (κ2) is 31.6. The van der Waals surface area contributed by atoms with Crippen LogP contribution in [0.1, 0.15) is 129 Å². The van der Waals surface area contributed by atoms with E-state index in [4.69, 9.17) is 18.5 Å². The Hall–Kier alpha value is -2.45. The van der Waals surface area contributed by atoms with Crippen LogP contribution in [0.5, 0.6) is 0 Å². The molecule has 1 rings (SSSR count). The van der Waals surface area contributed by atoms with Crippen molar-refractivity contribution in [2.45, 2.75) is 172 Å². The molecule has 6 N–H and O–H groups in total. The Morgan fingerprint density at radius 1 is 0.582 bits per heavy atom. The number of rotatable bonds is 31. The first-order chi connectivity index (χ1) is 26.4. The molecule has 0 aliphatic heterocycles. The van der Waals surface area contributed by atoms with Gasteiger partial charge in [0.05, 0.1) is 6.61 Å². The number of aliphatic hydroxyl groups excluding tert-OH is 5. The molecule has 8 atom stereocenters. The van der Waals surface area contributed by atoms with Crippen LogP contribution in [-0.2, 0) is 32.7 Å². The van der Waals surface area contributed by atoms with E-state index in [2.05, 4.69) is 74.6 Å². The highest BCUT2D eigenvalue weighted by Gasteiger charge is 2.51. The summed E-state index contributed by atoms with van der Waals surface area (Å²) in [4.78, 5) is 35.4. The van der Waals surface area contributed by atoms with Gasteiger partial charge in [-0.1, -0.05) is 120 Å². The number of phosphoric acid groups is 1. The van der Waals surface area contributed by atoms with Crippen molar-refractivity contribution in [3.05, 3.63) is 60.8 Å². The van der Waals surface area contributed by atoms with Gasteiger partial charge in [-0.25, -0.2) is 4.57 Å². The van der Waals surface area contributed by atoms with Crippen molar-refractivity contribution in [3.8, 4) is 0 Å². The van der Waals surface area contributed by atoms with E-state index in [1.807, 2.05) is 0 Å². The highest BCUT2D eigenvalue weighted by Crippen LogP contribution is 2.47. The maximum atomic E-state index is 12.7. The molecule has 0 spiro atoms. The number of ether oxygens (including phenoxy) is 2. The summed E-state index contributed by atoms with van der Waals surface area (Å²) < 4.78 is 33.2. The number of unbranched alkanes of at least 4 members (excludes halogenated alkanes) is 9. The van der Waals surface area contributed by atoms with Crippen molar-refractivity contribution in [1.29, 1.82) is 0 Å². The van der Waals surface area contributed by atoms with Crippen LogP contribution < -0.4 is 0 Å². The van der Waals surface area contributed by atoms with Crippen LogP contribution in [-0.4, -0.2) is 98.3 Å². The first kappa shape index (κ1) is 50.6. The Kier molecular flexibility index (Phi) is 29.1. The van der Waals surface area contributed by atoms with Gasteiger partial charge in [0, 0.05) is 12.8 Å². The SMILES string of the molecule is CC/C=C/C/C=C/C/C=C/C/C=C/C/C=C/CCCCCC(=O)O[C@H](COC(=O)CCCCCCCCC)COP(=O)(O)OC1C(O)C(O)C(O)[C@@H](O)C1O. The predicted octanol–water partition coefficient (Wildman–Crippen LogP) is 6.60. The van der Waals surface area contributed by atoms with E-state index in [0.717, 1.165) is 83.5 Å². The molecule has 0 bridgehead atoms. The van der Waals surface area contributed by atoms with Crippen LogP contribution >= 0.6 is 7.82 Å². The summed E-state index contributed by atoms with van der Waals surface area (Å²) in [6.07, 6.45) is 23.2. The molecule has 0 amide bonds. The minimum atomic E-state index is -5.12. The fraction of sp³-hybridized carbons (Fsp3) is 0.707. The smallest absolute Gasteiger partial charge is 0.462 e. The molecule has 316 valence electrons. The molecule has 0 aromatic heterocycles. The summed E-state index contributed by atoms with van der Waals surface area (Å²) >= 11 is 0. The van der Waals surface area contributed by atoms with Crippen LogP contribution in [0.4, 0.5) is 0 Å². The zero-order valence-corrected chi connectivity index (χ0v) is 33.8. The van der Waals surface area contributed by atoms with Crippen molar-refractivity contribution in [2.24, 2.45) is 0 Å². The van der Waals surface area contributed by atoms with Gasteiger partial charge < -0.3 is 39.9 Å². The zero-order valence-electron chi connectivity index (χ0n) is 32.9. The normalized spacial score (nSPS) is 23.7. The summed E-state index contributed by atoms with van der Waals surface area (Å²) in [7, 11) is -5.12. The number of carbonyl (C=O) groups is 2. The largest absolute Gasteiger partial charge is 0.472 e. The summed E-state index contributed by atoms with van der Waals surface area (Å²) in [5, 5.41) is 49.9. The molecule has 55 heavy (non-hydrogen) atoms. The number of allylic oxidation sites excluding steroid dienone is 10. The third-order valence-electron chi connectivity index (χ3n) is 8.87. The van der Waals surface area contributed by atoms with Crippen LogP contribution in [0.2, 0.25) is 0 Å². The molecule has 6 unspecified atom stereocenters. The fourth-order valence-electron chi connectivity index (χ4n) is 5.61. The quantitative estimate of drug-likeness (QED) is 0.0189. The van der Waals surface area contributed by atoms with E-state index in [1.165, 1.54) is 6.42 Å². The summed E-state index contributed by atoms with van der Waals surface area (Å²) in [6.45, 7) is 3.06. The molecule has 0 heterocycles. The first-order valence-corrected chi connectivity index (χ1v) is 21.6. The van der Waals surface area contributed by atoms with Crippen molar-refractivity contribution in [2.75, 3.05) is 13.2 Å². The first-order valence-electron chi connectivity index (χ1n) is 20.1. The maximum Gasteiger partial charge on any atom is 0.472 e. The summed E-state index contributed by atoms with van der Waals surface area (Å²) in [5.74, 6) is -1.15. The van der Waals surface area contributed by atoms with Crippen LogP contribution in [0, 0.1) is 0 Å². The molecule has 0 aromatic rings. The second-order valence-corrected chi connectivity index (χ2v) is 15.2. The minimum absolute atomic E-state index is 0.0555. The van der Waals surface area contributed by atoms with E-state index in [9.17, 15) is 44.6 Å². The lowest BCUT2D eigenvalue weighted by molar-refractivity contribution is -0.220. The Bertz CT molecular complexity index is 1200. The molecule has 1 aliphatic carbocycles.